The summed E-state index contributed by atoms with van der Waals surface area (Å²) in [6.45, 7) is 5.01. The lowest BCUT2D eigenvalue weighted by atomic mass is 9.94. The van der Waals surface area contributed by atoms with Gasteiger partial charge in [0, 0.05) is 12.6 Å². The van der Waals surface area contributed by atoms with Crippen molar-refractivity contribution in [2.75, 3.05) is 6.61 Å². The van der Waals surface area contributed by atoms with Crippen LogP contribution in [0.5, 0.6) is 0 Å². The Morgan fingerprint density at radius 1 is 1.43 bits per heavy atom. The highest BCUT2D eigenvalue weighted by Gasteiger charge is 2.44. The topological polar surface area (TPSA) is 38.3 Å². The molecule has 0 spiro atoms. The maximum Gasteiger partial charge on any atom is 0.142 e. The first-order valence-corrected chi connectivity index (χ1v) is 8.12. The number of nitrogens with one attached hydrogen (secondary N) is 1. The Kier molecular flexibility index (Phi) is 5.95. The Bertz CT molecular complexity index is 434. The van der Waals surface area contributed by atoms with Gasteiger partial charge in [-0.15, -0.1) is 0 Å². The maximum absolute atomic E-state index is 11.8. The van der Waals surface area contributed by atoms with E-state index in [1.54, 1.807) is 0 Å². The standard InChI is InChI=1S/C18H27NO2/c1-3-4-13-21-17-11-8-12-18(17,14-20)19-15(2)16-9-6-5-7-10-16/h5-7,9-10,14-15,17,19H,3-4,8,11-13H2,1-2H3/t15-,17-,18-/m0/s1. The molecule has 0 bridgehead atoms. The van der Waals surface area contributed by atoms with E-state index in [1.165, 1.54) is 5.56 Å². The molecule has 116 valence electrons. The molecule has 3 heteroatoms. The number of carbonyl (C=O) groups is 1. The van der Waals surface area contributed by atoms with Gasteiger partial charge in [0.05, 0.1) is 6.10 Å². The minimum absolute atomic E-state index is 0.00714. The third-order valence-electron chi connectivity index (χ3n) is 4.44. The predicted octanol–water partition coefficient (Wildman–Crippen LogP) is 3.64. The van der Waals surface area contributed by atoms with E-state index < -0.39 is 5.54 Å². The van der Waals surface area contributed by atoms with Crippen molar-refractivity contribution in [2.45, 2.75) is 63.6 Å². The quantitative estimate of drug-likeness (QED) is 0.586. The van der Waals surface area contributed by atoms with Crippen LogP contribution >= 0.6 is 0 Å². The highest BCUT2D eigenvalue weighted by Crippen LogP contribution is 2.33. The van der Waals surface area contributed by atoms with Gasteiger partial charge in [-0.2, -0.15) is 0 Å². The van der Waals surface area contributed by atoms with Crippen LogP contribution in [0.3, 0.4) is 0 Å². The third kappa shape index (κ3) is 3.92. The zero-order valence-corrected chi connectivity index (χ0v) is 13.2. The average Bonchev–Trinajstić information content (AvgIpc) is 2.92. The number of aldehydes is 1. The van der Waals surface area contributed by atoms with E-state index in [2.05, 4.69) is 31.3 Å². The van der Waals surface area contributed by atoms with Crippen LogP contribution < -0.4 is 5.32 Å². The molecule has 1 aliphatic rings. The minimum Gasteiger partial charge on any atom is -0.376 e. The van der Waals surface area contributed by atoms with E-state index in [0.717, 1.165) is 45.0 Å². The summed E-state index contributed by atoms with van der Waals surface area (Å²) >= 11 is 0. The molecule has 0 saturated heterocycles. The van der Waals surface area contributed by atoms with Crippen molar-refractivity contribution in [1.82, 2.24) is 5.32 Å². The summed E-state index contributed by atoms with van der Waals surface area (Å²) in [6.07, 6.45) is 6.14. The summed E-state index contributed by atoms with van der Waals surface area (Å²) in [5, 5.41) is 3.54. The number of unbranched alkanes of at least 4 members (excludes halogenated alkanes) is 1. The van der Waals surface area contributed by atoms with Crippen molar-refractivity contribution >= 4 is 6.29 Å². The van der Waals surface area contributed by atoms with Crippen molar-refractivity contribution in [3.8, 4) is 0 Å². The Morgan fingerprint density at radius 2 is 2.19 bits per heavy atom. The first-order valence-electron chi connectivity index (χ1n) is 8.12. The van der Waals surface area contributed by atoms with E-state index in [-0.39, 0.29) is 12.1 Å². The average molecular weight is 289 g/mol. The largest absolute Gasteiger partial charge is 0.376 e. The first-order chi connectivity index (χ1) is 10.2. The molecule has 1 N–H and O–H groups in total. The lowest BCUT2D eigenvalue weighted by Crippen LogP contribution is -2.54. The second kappa shape index (κ2) is 7.71. The molecular formula is C18H27NO2. The Labute approximate surface area is 128 Å². The Balaban J connectivity index is 2.04. The lowest BCUT2D eigenvalue weighted by Gasteiger charge is -2.34. The number of rotatable bonds is 8. The molecule has 0 aliphatic heterocycles. The molecule has 1 saturated carbocycles. The monoisotopic (exact) mass is 289 g/mol. The molecule has 3 nitrogen and oxygen atoms in total. The Morgan fingerprint density at radius 3 is 2.86 bits per heavy atom. The molecule has 0 aromatic heterocycles. The van der Waals surface area contributed by atoms with E-state index in [0.29, 0.717) is 0 Å². The molecule has 1 aliphatic carbocycles. The van der Waals surface area contributed by atoms with Gasteiger partial charge in [-0.1, -0.05) is 43.7 Å². The van der Waals surface area contributed by atoms with Crippen LogP contribution in [-0.4, -0.2) is 24.5 Å². The van der Waals surface area contributed by atoms with E-state index >= 15 is 0 Å². The van der Waals surface area contributed by atoms with Crippen LogP contribution in [0.15, 0.2) is 30.3 Å². The third-order valence-corrected chi connectivity index (χ3v) is 4.44. The van der Waals surface area contributed by atoms with E-state index in [1.807, 2.05) is 18.2 Å². The SMILES string of the molecule is CCCCO[C@H]1CCC[C@@]1(C=O)N[C@@H](C)c1ccccc1. The summed E-state index contributed by atoms with van der Waals surface area (Å²) in [5.41, 5.74) is 0.682. The van der Waals surface area contributed by atoms with Crippen LogP contribution in [0, 0.1) is 0 Å². The van der Waals surface area contributed by atoms with Gasteiger partial charge in [0.1, 0.15) is 11.8 Å². The van der Waals surface area contributed by atoms with Crippen molar-refractivity contribution in [2.24, 2.45) is 0 Å². The number of hydrogen-bond donors (Lipinski definition) is 1. The summed E-state index contributed by atoms with van der Waals surface area (Å²) in [4.78, 5) is 11.8. The fourth-order valence-electron chi connectivity index (χ4n) is 3.16. The second-order valence-corrected chi connectivity index (χ2v) is 6.04. The molecule has 0 radical (unpaired) electrons. The van der Waals surface area contributed by atoms with Gasteiger partial charge in [-0.05, 0) is 38.2 Å². The number of hydrogen-bond acceptors (Lipinski definition) is 3. The lowest BCUT2D eigenvalue weighted by molar-refractivity contribution is -0.119. The summed E-state index contributed by atoms with van der Waals surface area (Å²) in [5.74, 6) is 0. The van der Waals surface area contributed by atoms with Crippen LogP contribution in [0.2, 0.25) is 0 Å². The van der Waals surface area contributed by atoms with Gasteiger partial charge in [-0.25, -0.2) is 0 Å². The van der Waals surface area contributed by atoms with Crippen LogP contribution in [0.1, 0.15) is 57.6 Å². The van der Waals surface area contributed by atoms with Crippen molar-refractivity contribution in [1.29, 1.82) is 0 Å². The highest BCUT2D eigenvalue weighted by atomic mass is 16.5. The molecule has 1 fully saturated rings. The normalized spacial score (nSPS) is 26.7. The van der Waals surface area contributed by atoms with Crippen LogP contribution in [0.25, 0.3) is 0 Å². The van der Waals surface area contributed by atoms with Gasteiger partial charge < -0.3 is 9.53 Å². The highest BCUT2D eigenvalue weighted by molar-refractivity contribution is 5.66. The van der Waals surface area contributed by atoms with Gasteiger partial charge >= 0.3 is 0 Å². The molecule has 0 amide bonds. The van der Waals surface area contributed by atoms with Crippen molar-refractivity contribution < 1.29 is 9.53 Å². The number of carbonyl (C=O) groups excluding carboxylic acids is 1. The van der Waals surface area contributed by atoms with Gasteiger partial charge in [0.2, 0.25) is 0 Å². The summed E-state index contributed by atoms with van der Waals surface area (Å²) in [7, 11) is 0. The van der Waals surface area contributed by atoms with Crippen molar-refractivity contribution in [3.05, 3.63) is 35.9 Å². The fourth-order valence-corrected chi connectivity index (χ4v) is 3.16. The van der Waals surface area contributed by atoms with Crippen LogP contribution in [-0.2, 0) is 9.53 Å². The first kappa shape index (κ1) is 16.2. The van der Waals surface area contributed by atoms with Gasteiger partial charge in [0.25, 0.3) is 0 Å². The van der Waals surface area contributed by atoms with E-state index in [4.69, 9.17) is 4.74 Å². The Hall–Kier alpha value is -1.19. The maximum atomic E-state index is 11.8. The molecule has 2 rings (SSSR count). The van der Waals surface area contributed by atoms with Gasteiger partial charge in [-0.3, -0.25) is 5.32 Å². The smallest absolute Gasteiger partial charge is 0.142 e. The van der Waals surface area contributed by atoms with E-state index in [9.17, 15) is 4.79 Å². The zero-order valence-electron chi connectivity index (χ0n) is 13.2. The fraction of sp³-hybridized carbons (Fsp3) is 0.611. The summed E-state index contributed by atoms with van der Waals surface area (Å²) < 4.78 is 5.99. The molecular weight excluding hydrogens is 262 g/mol. The van der Waals surface area contributed by atoms with Crippen molar-refractivity contribution in [3.63, 3.8) is 0 Å². The minimum atomic E-state index is -0.525. The molecule has 0 heterocycles. The molecule has 1 aromatic carbocycles. The van der Waals surface area contributed by atoms with Gasteiger partial charge in [0.15, 0.2) is 0 Å². The number of ether oxygens (including phenoxy) is 1. The summed E-state index contributed by atoms with van der Waals surface area (Å²) in [6, 6.07) is 10.4. The van der Waals surface area contributed by atoms with Crippen LogP contribution in [0.4, 0.5) is 0 Å². The number of benzene rings is 1. The molecule has 3 atom stereocenters. The predicted molar refractivity (Wildman–Crippen MR) is 85.3 cm³/mol. The molecule has 0 unspecified atom stereocenters. The molecule has 21 heavy (non-hydrogen) atoms. The zero-order chi connectivity index (χ0) is 15.1. The molecule has 1 aromatic rings. The second-order valence-electron chi connectivity index (χ2n) is 6.04.